The van der Waals surface area contributed by atoms with E-state index in [2.05, 4.69) is 10.6 Å². The molecule has 0 atom stereocenters. The van der Waals surface area contributed by atoms with Gasteiger partial charge in [0.25, 0.3) is 5.56 Å². The van der Waals surface area contributed by atoms with E-state index in [1.807, 2.05) is 24.3 Å². The number of ether oxygens (including phenoxy) is 1. The molecule has 7 nitrogen and oxygen atoms in total. The van der Waals surface area contributed by atoms with Crippen LogP contribution in [-0.4, -0.2) is 34.8 Å². The van der Waals surface area contributed by atoms with Gasteiger partial charge in [0.1, 0.15) is 16.4 Å². The van der Waals surface area contributed by atoms with Gasteiger partial charge in [-0.15, -0.1) is 0 Å². The van der Waals surface area contributed by atoms with Crippen molar-refractivity contribution in [2.75, 3.05) is 24.8 Å². The Kier molecular flexibility index (Phi) is 5.17. The Labute approximate surface area is 138 Å². The molecule has 1 heterocycles. The van der Waals surface area contributed by atoms with Gasteiger partial charge in [0.15, 0.2) is 12.1 Å². The molecular weight excluding hydrogens is 316 g/mol. The summed E-state index contributed by atoms with van der Waals surface area (Å²) in [6.07, 6.45) is 0.526. The van der Waals surface area contributed by atoms with Gasteiger partial charge in [-0.1, -0.05) is 24.4 Å². The van der Waals surface area contributed by atoms with Crippen LogP contribution in [0.3, 0.4) is 0 Å². The molecular formula is C15H18N4O3S. The second-order valence-electron chi connectivity index (χ2n) is 4.82. The number of aromatic nitrogens is 2. The number of carbonyl (C=O) groups excluding carboxylic acids is 1. The molecule has 0 unspecified atom stereocenters. The Morgan fingerprint density at radius 3 is 2.78 bits per heavy atom. The maximum Gasteiger partial charge on any atom is 0.292 e. The van der Waals surface area contributed by atoms with Gasteiger partial charge in [-0.2, -0.15) is 0 Å². The minimum atomic E-state index is -0.214. The third-order valence-electron chi connectivity index (χ3n) is 3.44. The number of benzene rings is 1. The van der Waals surface area contributed by atoms with Crippen LogP contribution < -0.4 is 20.9 Å². The molecule has 1 aromatic heterocycles. The summed E-state index contributed by atoms with van der Waals surface area (Å²) in [5, 5.41) is 5.61. The second kappa shape index (κ2) is 7.10. The maximum absolute atomic E-state index is 12.5. The van der Waals surface area contributed by atoms with E-state index in [9.17, 15) is 9.59 Å². The molecule has 2 rings (SSSR count). The van der Waals surface area contributed by atoms with Crippen LogP contribution in [0.1, 0.15) is 5.56 Å². The van der Waals surface area contributed by atoms with Gasteiger partial charge in [0.05, 0.1) is 13.7 Å². The Morgan fingerprint density at radius 2 is 2.17 bits per heavy atom. The number of anilines is 2. The molecule has 0 radical (unpaired) electrons. The van der Waals surface area contributed by atoms with Gasteiger partial charge < -0.3 is 15.4 Å². The number of rotatable bonds is 6. The summed E-state index contributed by atoms with van der Waals surface area (Å²) in [6, 6.07) is 7.47. The molecule has 0 saturated heterocycles. The van der Waals surface area contributed by atoms with Crippen molar-refractivity contribution in [1.29, 1.82) is 0 Å². The number of thiocarbonyl (C=S) groups is 1. The van der Waals surface area contributed by atoms with Crippen molar-refractivity contribution in [3.8, 4) is 5.75 Å². The molecule has 0 aliphatic heterocycles. The fourth-order valence-electron chi connectivity index (χ4n) is 2.29. The summed E-state index contributed by atoms with van der Waals surface area (Å²) >= 11 is 4.87. The van der Waals surface area contributed by atoms with Gasteiger partial charge in [-0.05, 0) is 17.7 Å². The minimum Gasteiger partial charge on any atom is -0.497 e. The molecule has 2 N–H and O–H groups in total. The van der Waals surface area contributed by atoms with Crippen LogP contribution in [0.5, 0.6) is 5.75 Å². The Balaban J connectivity index is 2.44. The van der Waals surface area contributed by atoms with E-state index in [0.717, 1.165) is 11.3 Å². The van der Waals surface area contributed by atoms with Crippen molar-refractivity contribution in [3.05, 3.63) is 40.2 Å². The van der Waals surface area contributed by atoms with E-state index in [4.69, 9.17) is 17.0 Å². The molecule has 1 aromatic carbocycles. The molecule has 8 heteroatoms. The van der Waals surface area contributed by atoms with Crippen molar-refractivity contribution in [3.63, 3.8) is 0 Å². The summed E-state index contributed by atoms with van der Waals surface area (Å²) < 4.78 is 8.36. The first-order valence-electron chi connectivity index (χ1n) is 6.88. The van der Waals surface area contributed by atoms with Crippen LogP contribution in [0, 0.1) is 0 Å². The molecule has 0 aliphatic rings. The van der Waals surface area contributed by atoms with E-state index in [-0.39, 0.29) is 10.5 Å². The van der Waals surface area contributed by atoms with Crippen LogP contribution >= 0.6 is 12.2 Å². The third-order valence-corrected chi connectivity index (χ3v) is 3.63. The van der Waals surface area contributed by atoms with Gasteiger partial charge in [-0.3, -0.25) is 14.3 Å². The molecule has 23 heavy (non-hydrogen) atoms. The van der Waals surface area contributed by atoms with Crippen LogP contribution in [-0.2, 0) is 18.4 Å². The number of carbonyl (C=O) groups is 1. The summed E-state index contributed by atoms with van der Waals surface area (Å²) in [7, 11) is 4.95. The highest BCUT2D eigenvalue weighted by molar-refractivity contribution is 7.82. The summed E-state index contributed by atoms with van der Waals surface area (Å²) in [5.74, 6) is 1.16. The SMILES string of the molecule is CNc1c(NC(=S)C=O)n(C)n(Cc2cccc(OC)c2)c1=O. The highest BCUT2D eigenvalue weighted by Crippen LogP contribution is 2.19. The number of aldehydes is 1. The molecule has 0 spiro atoms. The van der Waals surface area contributed by atoms with Crippen LogP contribution in [0.15, 0.2) is 29.1 Å². The molecule has 0 aliphatic carbocycles. The zero-order valence-electron chi connectivity index (χ0n) is 13.1. The first-order valence-corrected chi connectivity index (χ1v) is 7.29. The average molecular weight is 334 g/mol. The molecule has 0 bridgehead atoms. The Hall–Kier alpha value is -2.61. The first kappa shape index (κ1) is 16.8. The fraction of sp³-hybridized carbons (Fsp3) is 0.267. The van der Waals surface area contributed by atoms with Crippen LogP contribution in [0.2, 0.25) is 0 Å². The second-order valence-corrected chi connectivity index (χ2v) is 5.26. The van der Waals surface area contributed by atoms with Crippen molar-refractivity contribution >= 4 is 35.0 Å². The summed E-state index contributed by atoms with van der Waals surface area (Å²) in [5.41, 5.74) is 1.05. The Morgan fingerprint density at radius 1 is 1.43 bits per heavy atom. The maximum atomic E-state index is 12.5. The molecule has 2 aromatic rings. The number of nitrogens with one attached hydrogen (secondary N) is 2. The van der Waals surface area contributed by atoms with Crippen molar-refractivity contribution in [1.82, 2.24) is 9.36 Å². The normalized spacial score (nSPS) is 10.2. The fourth-order valence-corrected chi connectivity index (χ4v) is 2.38. The van der Waals surface area contributed by atoms with Crippen LogP contribution in [0.25, 0.3) is 0 Å². The lowest BCUT2D eigenvalue weighted by molar-refractivity contribution is -0.102. The molecule has 0 amide bonds. The Bertz CT molecular complexity index is 795. The van der Waals surface area contributed by atoms with E-state index in [1.165, 1.54) is 4.68 Å². The zero-order valence-corrected chi connectivity index (χ0v) is 13.9. The van der Waals surface area contributed by atoms with Crippen LogP contribution in [0.4, 0.5) is 11.5 Å². The predicted octanol–water partition coefficient (Wildman–Crippen LogP) is 1.22. The van der Waals surface area contributed by atoms with Gasteiger partial charge in [0, 0.05) is 14.1 Å². The van der Waals surface area contributed by atoms with Gasteiger partial charge in [-0.25, -0.2) is 4.68 Å². The minimum absolute atomic E-state index is 0.00984. The van der Waals surface area contributed by atoms with E-state index in [1.54, 1.807) is 25.9 Å². The highest BCUT2D eigenvalue weighted by Gasteiger charge is 2.18. The smallest absolute Gasteiger partial charge is 0.292 e. The average Bonchev–Trinajstić information content (AvgIpc) is 2.78. The van der Waals surface area contributed by atoms with E-state index < -0.39 is 0 Å². The summed E-state index contributed by atoms with van der Waals surface area (Å²) in [4.78, 5) is 23.3. The van der Waals surface area contributed by atoms with Crippen molar-refractivity contribution < 1.29 is 9.53 Å². The van der Waals surface area contributed by atoms with E-state index >= 15 is 0 Å². The number of nitrogens with zero attached hydrogens (tertiary/aromatic N) is 2. The lowest BCUT2D eigenvalue weighted by atomic mass is 10.2. The van der Waals surface area contributed by atoms with Gasteiger partial charge in [0.2, 0.25) is 0 Å². The quantitative estimate of drug-likeness (QED) is 0.611. The molecule has 0 fully saturated rings. The first-order chi connectivity index (χ1) is 11.0. The van der Waals surface area contributed by atoms with E-state index in [0.29, 0.717) is 24.3 Å². The number of methoxy groups -OCH3 is 1. The van der Waals surface area contributed by atoms with Crippen molar-refractivity contribution in [2.45, 2.75) is 6.54 Å². The standard InChI is InChI=1S/C15H18N4O3S/c1-16-13-14(17-12(23)9-20)18(2)19(15(13)21)8-10-5-4-6-11(7-10)22-3/h4-7,9,16H,8H2,1-3H3,(H,17,23). The third kappa shape index (κ3) is 3.42. The number of hydrogen-bond acceptors (Lipinski definition) is 5. The highest BCUT2D eigenvalue weighted by atomic mass is 32.1. The van der Waals surface area contributed by atoms with Crippen molar-refractivity contribution in [2.24, 2.45) is 7.05 Å². The monoisotopic (exact) mass is 334 g/mol. The largest absolute Gasteiger partial charge is 0.497 e. The zero-order chi connectivity index (χ0) is 17.0. The predicted molar refractivity (Wildman–Crippen MR) is 93.6 cm³/mol. The number of hydrogen-bond donors (Lipinski definition) is 2. The lowest BCUT2D eigenvalue weighted by Gasteiger charge is -2.11. The summed E-state index contributed by atoms with van der Waals surface area (Å²) in [6.45, 7) is 0.358. The molecule has 0 saturated carbocycles. The lowest BCUT2D eigenvalue weighted by Crippen LogP contribution is -2.23. The van der Waals surface area contributed by atoms with Gasteiger partial charge >= 0.3 is 0 Å². The topological polar surface area (TPSA) is 77.3 Å². The molecule has 122 valence electrons.